The van der Waals surface area contributed by atoms with Gasteiger partial charge in [0.25, 0.3) is 0 Å². The van der Waals surface area contributed by atoms with Gasteiger partial charge in [-0.05, 0) is 44.1 Å². The molecular formula is C21H32N2O4. The lowest BCUT2D eigenvalue weighted by molar-refractivity contribution is -0.137. The first-order chi connectivity index (χ1) is 12.9. The number of hydrogen-bond acceptors (Lipinski definition) is 3. The first-order valence-electron chi connectivity index (χ1n) is 9.88. The topological polar surface area (TPSA) is 98.7 Å². The SMILES string of the molecule is CC(CO)(NC(=O)NC(CCC(=O)O)Cc1ccccc1)C1CCCCC1. The van der Waals surface area contributed by atoms with E-state index in [0.29, 0.717) is 12.8 Å². The number of amides is 2. The van der Waals surface area contributed by atoms with Gasteiger partial charge in [-0.3, -0.25) is 4.79 Å². The molecular weight excluding hydrogens is 344 g/mol. The van der Waals surface area contributed by atoms with E-state index in [4.69, 9.17) is 5.11 Å². The van der Waals surface area contributed by atoms with Gasteiger partial charge in [0, 0.05) is 12.5 Å². The van der Waals surface area contributed by atoms with Crippen molar-refractivity contribution in [3.8, 4) is 0 Å². The number of urea groups is 1. The van der Waals surface area contributed by atoms with Gasteiger partial charge in [0.15, 0.2) is 0 Å². The zero-order chi connectivity index (χ0) is 19.7. The van der Waals surface area contributed by atoms with Crippen molar-refractivity contribution in [1.82, 2.24) is 10.6 Å². The van der Waals surface area contributed by atoms with Gasteiger partial charge in [0.05, 0.1) is 12.1 Å². The molecule has 4 N–H and O–H groups in total. The van der Waals surface area contributed by atoms with Crippen LogP contribution in [-0.4, -0.2) is 40.4 Å². The number of aliphatic hydroxyl groups is 1. The third-order valence-electron chi connectivity index (χ3n) is 5.60. The molecule has 2 unspecified atom stereocenters. The average Bonchev–Trinajstić information content (AvgIpc) is 2.67. The fraction of sp³-hybridized carbons (Fsp3) is 0.619. The quantitative estimate of drug-likeness (QED) is 0.532. The minimum absolute atomic E-state index is 0.00231. The molecule has 150 valence electrons. The normalized spacial score (nSPS) is 18.3. The van der Waals surface area contributed by atoms with Gasteiger partial charge < -0.3 is 20.8 Å². The number of carboxylic acid groups (broad SMARTS) is 1. The standard InChI is InChI=1S/C21H32N2O4/c1-21(15-24,17-10-6-3-7-11-17)23-20(27)22-18(12-13-19(25)26)14-16-8-4-2-5-9-16/h2,4-5,8-9,17-18,24H,3,6-7,10-15H2,1H3,(H,25,26)(H2,22,23,27). The number of carboxylic acids is 1. The summed E-state index contributed by atoms with van der Waals surface area (Å²) in [4.78, 5) is 23.6. The first-order valence-corrected chi connectivity index (χ1v) is 9.88. The molecule has 0 saturated heterocycles. The third kappa shape index (κ3) is 6.86. The monoisotopic (exact) mass is 376 g/mol. The Bertz CT molecular complexity index is 601. The molecule has 0 aromatic heterocycles. The van der Waals surface area contributed by atoms with Gasteiger partial charge in [0.1, 0.15) is 0 Å². The summed E-state index contributed by atoms with van der Waals surface area (Å²) in [7, 11) is 0. The molecule has 2 amide bonds. The highest BCUT2D eigenvalue weighted by atomic mass is 16.4. The number of rotatable bonds is 9. The van der Waals surface area contributed by atoms with Crippen LogP contribution in [0.5, 0.6) is 0 Å². The predicted molar refractivity (Wildman–Crippen MR) is 105 cm³/mol. The summed E-state index contributed by atoms with van der Waals surface area (Å²) in [5.41, 5.74) is 0.389. The van der Waals surface area contributed by atoms with Crippen LogP contribution in [0, 0.1) is 5.92 Å². The highest BCUT2D eigenvalue weighted by molar-refractivity contribution is 5.75. The van der Waals surface area contributed by atoms with Gasteiger partial charge in [-0.25, -0.2) is 4.79 Å². The fourth-order valence-electron chi connectivity index (χ4n) is 3.91. The second kappa shape index (κ2) is 10.3. The van der Waals surface area contributed by atoms with Crippen molar-refractivity contribution in [3.63, 3.8) is 0 Å². The van der Waals surface area contributed by atoms with Crippen molar-refractivity contribution in [2.24, 2.45) is 5.92 Å². The Hall–Kier alpha value is -2.08. The van der Waals surface area contributed by atoms with E-state index in [1.807, 2.05) is 37.3 Å². The van der Waals surface area contributed by atoms with E-state index in [-0.39, 0.29) is 31.0 Å². The lowest BCUT2D eigenvalue weighted by Gasteiger charge is -2.39. The Morgan fingerprint density at radius 2 is 1.85 bits per heavy atom. The lowest BCUT2D eigenvalue weighted by Crippen LogP contribution is -2.58. The second-order valence-electron chi connectivity index (χ2n) is 7.83. The van der Waals surface area contributed by atoms with Crippen molar-refractivity contribution in [2.45, 2.75) is 69.9 Å². The number of carbonyl (C=O) groups is 2. The van der Waals surface area contributed by atoms with Crippen LogP contribution in [0.4, 0.5) is 4.79 Å². The molecule has 0 spiro atoms. The molecule has 2 atom stereocenters. The highest BCUT2D eigenvalue weighted by Crippen LogP contribution is 2.32. The Morgan fingerprint density at radius 3 is 2.44 bits per heavy atom. The van der Waals surface area contributed by atoms with Crippen molar-refractivity contribution >= 4 is 12.0 Å². The summed E-state index contributed by atoms with van der Waals surface area (Å²) in [6.45, 7) is 1.79. The number of aliphatic carboxylic acids is 1. The summed E-state index contributed by atoms with van der Waals surface area (Å²) < 4.78 is 0. The molecule has 2 rings (SSSR count). The van der Waals surface area contributed by atoms with E-state index >= 15 is 0 Å². The summed E-state index contributed by atoms with van der Waals surface area (Å²) in [5, 5.41) is 24.8. The molecule has 0 bridgehead atoms. The van der Waals surface area contributed by atoms with E-state index in [0.717, 1.165) is 31.2 Å². The second-order valence-corrected chi connectivity index (χ2v) is 7.83. The van der Waals surface area contributed by atoms with Crippen molar-refractivity contribution in [1.29, 1.82) is 0 Å². The maximum atomic E-state index is 12.6. The Labute approximate surface area is 161 Å². The fourth-order valence-corrected chi connectivity index (χ4v) is 3.91. The lowest BCUT2D eigenvalue weighted by atomic mass is 9.76. The van der Waals surface area contributed by atoms with Crippen LogP contribution < -0.4 is 10.6 Å². The zero-order valence-electron chi connectivity index (χ0n) is 16.1. The first kappa shape index (κ1) is 21.2. The van der Waals surface area contributed by atoms with E-state index in [2.05, 4.69) is 10.6 Å². The molecule has 27 heavy (non-hydrogen) atoms. The van der Waals surface area contributed by atoms with Gasteiger partial charge in [-0.15, -0.1) is 0 Å². The number of carbonyl (C=O) groups excluding carboxylic acids is 1. The van der Waals surface area contributed by atoms with Gasteiger partial charge >= 0.3 is 12.0 Å². The summed E-state index contributed by atoms with van der Waals surface area (Å²) in [6, 6.07) is 9.08. The molecule has 0 aliphatic heterocycles. The average molecular weight is 376 g/mol. The van der Waals surface area contributed by atoms with E-state index in [9.17, 15) is 14.7 Å². The van der Waals surface area contributed by atoms with Crippen LogP contribution >= 0.6 is 0 Å². The minimum Gasteiger partial charge on any atom is -0.481 e. The van der Waals surface area contributed by atoms with Gasteiger partial charge in [0.2, 0.25) is 0 Å². The summed E-state index contributed by atoms with van der Waals surface area (Å²) in [5.74, 6) is -0.619. The Balaban J connectivity index is 1.98. The van der Waals surface area contributed by atoms with Crippen molar-refractivity contribution < 1.29 is 19.8 Å². The number of aliphatic hydroxyl groups excluding tert-OH is 1. The molecule has 1 aliphatic carbocycles. The Kier molecular flexibility index (Phi) is 8.10. The number of nitrogens with one attached hydrogen (secondary N) is 2. The predicted octanol–water partition coefficient (Wildman–Crippen LogP) is 3.09. The van der Waals surface area contributed by atoms with Crippen LogP contribution in [0.1, 0.15) is 57.4 Å². The third-order valence-corrected chi connectivity index (χ3v) is 5.60. The smallest absolute Gasteiger partial charge is 0.315 e. The molecule has 6 nitrogen and oxygen atoms in total. The van der Waals surface area contributed by atoms with Crippen molar-refractivity contribution in [2.75, 3.05) is 6.61 Å². The van der Waals surface area contributed by atoms with E-state index < -0.39 is 11.5 Å². The molecule has 0 radical (unpaired) electrons. The molecule has 1 fully saturated rings. The van der Waals surface area contributed by atoms with Crippen LogP contribution in [-0.2, 0) is 11.2 Å². The summed E-state index contributed by atoms with van der Waals surface area (Å²) >= 11 is 0. The van der Waals surface area contributed by atoms with Crippen molar-refractivity contribution in [3.05, 3.63) is 35.9 Å². The zero-order valence-corrected chi connectivity index (χ0v) is 16.1. The maximum absolute atomic E-state index is 12.6. The molecule has 1 saturated carbocycles. The molecule has 1 aromatic rings. The maximum Gasteiger partial charge on any atom is 0.315 e. The number of hydrogen-bond donors (Lipinski definition) is 4. The minimum atomic E-state index is -0.877. The van der Waals surface area contributed by atoms with E-state index in [1.165, 1.54) is 6.42 Å². The Morgan fingerprint density at radius 1 is 1.19 bits per heavy atom. The molecule has 6 heteroatoms. The van der Waals surface area contributed by atoms with Crippen LogP contribution in [0.15, 0.2) is 30.3 Å². The molecule has 1 aromatic carbocycles. The highest BCUT2D eigenvalue weighted by Gasteiger charge is 2.36. The van der Waals surface area contributed by atoms with Crippen LogP contribution in [0.2, 0.25) is 0 Å². The molecule has 0 heterocycles. The van der Waals surface area contributed by atoms with Gasteiger partial charge in [-0.1, -0.05) is 49.6 Å². The van der Waals surface area contributed by atoms with Gasteiger partial charge in [-0.2, -0.15) is 0 Å². The molecule has 1 aliphatic rings. The largest absolute Gasteiger partial charge is 0.481 e. The van der Waals surface area contributed by atoms with Crippen LogP contribution in [0.3, 0.4) is 0 Å². The van der Waals surface area contributed by atoms with E-state index in [1.54, 1.807) is 0 Å². The number of benzene rings is 1. The summed E-state index contributed by atoms with van der Waals surface area (Å²) in [6.07, 6.45) is 6.39. The van der Waals surface area contributed by atoms with Crippen LogP contribution in [0.25, 0.3) is 0 Å².